The van der Waals surface area contributed by atoms with Gasteiger partial charge in [0, 0.05) is 25.3 Å². The Morgan fingerprint density at radius 1 is 1.15 bits per heavy atom. The van der Waals surface area contributed by atoms with E-state index in [1.54, 1.807) is 0 Å². The topological polar surface area (TPSA) is 62.4 Å². The summed E-state index contributed by atoms with van der Waals surface area (Å²) in [5, 5.41) is 9.28. The first-order valence-corrected chi connectivity index (χ1v) is 6.80. The minimum absolute atomic E-state index is 0.0976. The summed E-state index contributed by atoms with van der Waals surface area (Å²) in [5.74, 6) is 0.864. The third-order valence-corrected chi connectivity index (χ3v) is 3.15. The molecule has 4 heteroatoms. The van der Waals surface area contributed by atoms with E-state index in [9.17, 15) is 5.11 Å². The van der Waals surface area contributed by atoms with Gasteiger partial charge in [-0.05, 0) is 30.2 Å². The lowest BCUT2D eigenvalue weighted by molar-refractivity contribution is 0.301. The van der Waals surface area contributed by atoms with E-state index in [0.717, 1.165) is 23.6 Å². The molecule has 0 aliphatic rings. The van der Waals surface area contributed by atoms with Crippen LogP contribution in [0, 0.1) is 6.92 Å². The molecule has 0 unspecified atom stereocenters. The van der Waals surface area contributed by atoms with E-state index >= 15 is 0 Å². The molecule has 0 atom stereocenters. The van der Waals surface area contributed by atoms with Crippen LogP contribution >= 0.6 is 0 Å². The minimum Gasteiger partial charge on any atom is -0.395 e. The van der Waals surface area contributed by atoms with Crippen molar-refractivity contribution < 1.29 is 5.11 Å². The summed E-state index contributed by atoms with van der Waals surface area (Å²) in [7, 11) is 0. The fourth-order valence-electron chi connectivity index (χ4n) is 2.20. The minimum atomic E-state index is 0.0976. The second kappa shape index (κ2) is 7.03. The molecule has 1 heterocycles. The molecule has 2 rings (SSSR count). The monoisotopic (exact) mass is 271 g/mol. The van der Waals surface area contributed by atoms with Gasteiger partial charge in [0.05, 0.1) is 6.61 Å². The van der Waals surface area contributed by atoms with Crippen molar-refractivity contribution in [1.82, 2.24) is 4.98 Å². The normalized spacial score (nSPS) is 10.6. The zero-order valence-electron chi connectivity index (χ0n) is 11.8. The average molecular weight is 271 g/mol. The number of benzene rings is 1. The molecule has 0 bridgehead atoms. The van der Waals surface area contributed by atoms with Crippen molar-refractivity contribution >= 4 is 5.82 Å². The highest BCUT2D eigenvalue weighted by Gasteiger charge is 2.10. The maximum absolute atomic E-state index is 9.28. The Morgan fingerprint density at radius 3 is 2.55 bits per heavy atom. The van der Waals surface area contributed by atoms with Crippen molar-refractivity contribution in [2.45, 2.75) is 20.0 Å². The van der Waals surface area contributed by atoms with Crippen molar-refractivity contribution in [2.75, 3.05) is 18.1 Å². The number of aliphatic hydroxyl groups is 1. The maximum Gasteiger partial charge on any atom is 0.129 e. The summed E-state index contributed by atoms with van der Waals surface area (Å²) >= 11 is 0. The van der Waals surface area contributed by atoms with E-state index in [1.165, 1.54) is 5.56 Å². The molecule has 106 valence electrons. The second-order valence-electron chi connectivity index (χ2n) is 4.81. The summed E-state index contributed by atoms with van der Waals surface area (Å²) in [4.78, 5) is 6.63. The van der Waals surface area contributed by atoms with Gasteiger partial charge in [-0.3, -0.25) is 0 Å². The van der Waals surface area contributed by atoms with Crippen LogP contribution in [0.25, 0.3) is 0 Å². The Balaban J connectivity index is 2.26. The number of nitrogens with zero attached hydrogens (tertiary/aromatic N) is 2. The summed E-state index contributed by atoms with van der Waals surface area (Å²) in [6.45, 7) is 3.83. The molecule has 0 aliphatic heterocycles. The molecule has 0 amide bonds. The molecule has 0 saturated carbocycles. The van der Waals surface area contributed by atoms with Crippen LogP contribution in [0.1, 0.15) is 16.8 Å². The third-order valence-electron chi connectivity index (χ3n) is 3.15. The van der Waals surface area contributed by atoms with Crippen molar-refractivity contribution in [3.05, 3.63) is 59.3 Å². The van der Waals surface area contributed by atoms with Gasteiger partial charge in [-0.15, -0.1) is 0 Å². The smallest absolute Gasteiger partial charge is 0.129 e. The Kier molecular flexibility index (Phi) is 5.09. The lowest BCUT2D eigenvalue weighted by atomic mass is 10.2. The highest BCUT2D eigenvalue weighted by Crippen LogP contribution is 2.17. The van der Waals surface area contributed by atoms with E-state index in [1.807, 2.05) is 37.3 Å². The number of rotatable bonds is 6. The number of hydrogen-bond donors (Lipinski definition) is 2. The number of aromatic nitrogens is 1. The molecule has 0 radical (unpaired) electrons. The Bertz CT molecular complexity index is 543. The zero-order valence-corrected chi connectivity index (χ0v) is 11.8. The van der Waals surface area contributed by atoms with E-state index in [0.29, 0.717) is 13.1 Å². The number of pyridine rings is 1. The maximum atomic E-state index is 9.28. The predicted molar refractivity (Wildman–Crippen MR) is 81.4 cm³/mol. The molecule has 0 saturated heterocycles. The van der Waals surface area contributed by atoms with Crippen LogP contribution in [-0.4, -0.2) is 23.2 Å². The van der Waals surface area contributed by atoms with Crippen molar-refractivity contribution in [3.8, 4) is 0 Å². The van der Waals surface area contributed by atoms with Gasteiger partial charge in [0.25, 0.3) is 0 Å². The fraction of sp³-hybridized carbons (Fsp3) is 0.312. The second-order valence-corrected chi connectivity index (χ2v) is 4.81. The number of aryl methyl sites for hydroxylation is 1. The van der Waals surface area contributed by atoms with Gasteiger partial charge in [0.2, 0.25) is 0 Å². The van der Waals surface area contributed by atoms with Gasteiger partial charge in [-0.25, -0.2) is 4.98 Å². The molecular weight excluding hydrogens is 250 g/mol. The van der Waals surface area contributed by atoms with Crippen LogP contribution in [0.3, 0.4) is 0 Å². The first kappa shape index (κ1) is 14.5. The molecule has 0 fully saturated rings. The van der Waals surface area contributed by atoms with Crippen LogP contribution in [0.15, 0.2) is 42.5 Å². The molecule has 4 nitrogen and oxygen atoms in total. The quantitative estimate of drug-likeness (QED) is 0.841. The average Bonchev–Trinajstić information content (AvgIpc) is 2.47. The highest BCUT2D eigenvalue weighted by molar-refractivity contribution is 5.43. The van der Waals surface area contributed by atoms with Gasteiger partial charge in [0.15, 0.2) is 0 Å². The third kappa shape index (κ3) is 3.79. The zero-order chi connectivity index (χ0) is 14.4. The highest BCUT2D eigenvalue weighted by atomic mass is 16.3. The number of nitrogens with two attached hydrogens (primary N) is 1. The Hall–Kier alpha value is -1.91. The van der Waals surface area contributed by atoms with Gasteiger partial charge in [0.1, 0.15) is 5.82 Å². The molecular formula is C16H21N3O. The van der Waals surface area contributed by atoms with Crippen molar-refractivity contribution in [2.24, 2.45) is 5.73 Å². The number of anilines is 1. The molecule has 2 aromatic rings. The first-order valence-electron chi connectivity index (χ1n) is 6.80. The molecule has 1 aromatic heterocycles. The standard InChI is InChI=1S/C16H21N3O/c1-13-9-15(11-17)10-16(18-13)19(7-8-20)12-14-5-3-2-4-6-14/h2-6,9-10,20H,7-8,11-12,17H2,1H3. The SMILES string of the molecule is Cc1cc(CN)cc(N(CCO)Cc2ccccc2)n1. The van der Waals surface area contributed by atoms with Gasteiger partial charge in [-0.1, -0.05) is 30.3 Å². The van der Waals surface area contributed by atoms with Crippen LogP contribution < -0.4 is 10.6 Å². The summed E-state index contributed by atoms with van der Waals surface area (Å²) in [5.41, 5.74) is 8.91. The van der Waals surface area contributed by atoms with Crippen LogP contribution in [0.5, 0.6) is 0 Å². The molecule has 0 spiro atoms. The van der Waals surface area contributed by atoms with E-state index < -0.39 is 0 Å². The fourth-order valence-corrected chi connectivity index (χ4v) is 2.20. The van der Waals surface area contributed by atoms with Crippen molar-refractivity contribution in [1.29, 1.82) is 0 Å². The number of aliphatic hydroxyl groups excluding tert-OH is 1. The molecule has 1 aromatic carbocycles. The van der Waals surface area contributed by atoms with Gasteiger partial charge < -0.3 is 15.7 Å². The van der Waals surface area contributed by atoms with Crippen LogP contribution in [0.2, 0.25) is 0 Å². The molecule has 3 N–H and O–H groups in total. The van der Waals surface area contributed by atoms with Crippen molar-refractivity contribution in [3.63, 3.8) is 0 Å². The molecule has 20 heavy (non-hydrogen) atoms. The lowest BCUT2D eigenvalue weighted by Crippen LogP contribution is -2.27. The van der Waals surface area contributed by atoms with Gasteiger partial charge in [-0.2, -0.15) is 0 Å². The summed E-state index contributed by atoms with van der Waals surface area (Å²) in [6, 6.07) is 14.2. The number of hydrogen-bond acceptors (Lipinski definition) is 4. The summed E-state index contributed by atoms with van der Waals surface area (Å²) in [6.07, 6.45) is 0. The van der Waals surface area contributed by atoms with Gasteiger partial charge >= 0.3 is 0 Å². The first-order chi connectivity index (χ1) is 9.72. The van der Waals surface area contributed by atoms with Crippen LogP contribution in [-0.2, 0) is 13.1 Å². The Labute approximate surface area is 119 Å². The van der Waals surface area contributed by atoms with E-state index in [-0.39, 0.29) is 6.61 Å². The molecule has 0 aliphatic carbocycles. The lowest BCUT2D eigenvalue weighted by Gasteiger charge is -2.24. The van der Waals surface area contributed by atoms with E-state index in [4.69, 9.17) is 5.73 Å². The summed E-state index contributed by atoms with van der Waals surface area (Å²) < 4.78 is 0. The Morgan fingerprint density at radius 2 is 1.90 bits per heavy atom. The van der Waals surface area contributed by atoms with Crippen LogP contribution in [0.4, 0.5) is 5.82 Å². The predicted octanol–water partition coefficient (Wildman–Crippen LogP) is 1.85. The van der Waals surface area contributed by atoms with E-state index in [2.05, 4.69) is 22.0 Å². The largest absolute Gasteiger partial charge is 0.395 e.